The molecule has 1 fully saturated rings. The lowest BCUT2D eigenvalue weighted by molar-refractivity contribution is 0.634. The second-order valence-corrected chi connectivity index (χ2v) is 5.27. The van der Waals surface area contributed by atoms with Gasteiger partial charge in [-0.25, -0.2) is 4.68 Å². The Morgan fingerprint density at radius 1 is 1.35 bits per heavy atom. The molecule has 2 heterocycles. The summed E-state index contributed by atoms with van der Waals surface area (Å²) in [6.07, 6.45) is 8.01. The van der Waals surface area contributed by atoms with Gasteiger partial charge in [0.05, 0.1) is 24.6 Å². The van der Waals surface area contributed by atoms with Crippen LogP contribution in [0.4, 0.5) is 5.69 Å². The highest BCUT2D eigenvalue weighted by Crippen LogP contribution is 2.28. The lowest BCUT2D eigenvalue weighted by atomic mass is 10.3. The number of aryl methyl sites for hydroxylation is 1. The number of nitrogens with one attached hydrogen (secondary N) is 1. The molecule has 6 heteroatoms. The van der Waals surface area contributed by atoms with Crippen molar-refractivity contribution in [1.82, 2.24) is 19.6 Å². The van der Waals surface area contributed by atoms with E-state index in [-0.39, 0.29) is 5.56 Å². The van der Waals surface area contributed by atoms with Gasteiger partial charge in [-0.15, -0.1) is 0 Å². The quantitative estimate of drug-likeness (QED) is 0.862. The monoisotopic (exact) mass is 273 g/mol. The summed E-state index contributed by atoms with van der Waals surface area (Å²) < 4.78 is 3.30. The summed E-state index contributed by atoms with van der Waals surface area (Å²) in [5.41, 5.74) is 1.71. The van der Waals surface area contributed by atoms with E-state index in [4.69, 9.17) is 0 Å². The molecule has 0 unspecified atom stereocenters. The van der Waals surface area contributed by atoms with E-state index in [0.717, 1.165) is 30.3 Å². The van der Waals surface area contributed by atoms with Gasteiger partial charge in [-0.3, -0.25) is 9.48 Å². The van der Waals surface area contributed by atoms with E-state index in [1.807, 2.05) is 17.8 Å². The fraction of sp³-hybridized carbons (Fsp3) is 0.500. The third-order valence-corrected chi connectivity index (χ3v) is 3.50. The maximum Gasteiger partial charge on any atom is 0.269 e. The zero-order valence-corrected chi connectivity index (χ0v) is 11.6. The zero-order valence-electron chi connectivity index (χ0n) is 11.6. The average Bonchev–Trinajstić information content (AvgIpc) is 3.17. The van der Waals surface area contributed by atoms with Gasteiger partial charge in [0.1, 0.15) is 0 Å². The first kappa shape index (κ1) is 12.9. The Morgan fingerprint density at radius 2 is 2.20 bits per heavy atom. The summed E-state index contributed by atoms with van der Waals surface area (Å²) in [6, 6.07) is 1.61. The van der Waals surface area contributed by atoms with Crippen molar-refractivity contribution in [1.29, 1.82) is 0 Å². The molecular formula is C14H19N5O. The van der Waals surface area contributed by atoms with Crippen molar-refractivity contribution in [2.75, 3.05) is 11.9 Å². The molecule has 3 rings (SSSR count). The van der Waals surface area contributed by atoms with Crippen LogP contribution in [0.5, 0.6) is 0 Å². The Hall–Kier alpha value is -2.11. The maximum absolute atomic E-state index is 12.0. The van der Waals surface area contributed by atoms with E-state index in [1.165, 1.54) is 17.5 Å². The summed E-state index contributed by atoms with van der Waals surface area (Å²) in [4.78, 5) is 12.0. The van der Waals surface area contributed by atoms with Crippen molar-refractivity contribution in [2.45, 2.75) is 32.9 Å². The molecule has 0 atom stereocenters. The molecule has 0 amide bonds. The minimum atomic E-state index is -0.0879. The van der Waals surface area contributed by atoms with Gasteiger partial charge in [0.25, 0.3) is 5.56 Å². The third-order valence-electron chi connectivity index (χ3n) is 3.50. The molecule has 2 aromatic rings. The van der Waals surface area contributed by atoms with E-state index in [9.17, 15) is 4.79 Å². The highest BCUT2D eigenvalue weighted by molar-refractivity contribution is 5.39. The minimum absolute atomic E-state index is 0.0879. The van der Waals surface area contributed by atoms with Crippen LogP contribution in [0.25, 0.3) is 0 Å². The Balaban J connectivity index is 1.68. The molecule has 1 saturated carbocycles. The number of aromatic nitrogens is 4. The van der Waals surface area contributed by atoms with Gasteiger partial charge >= 0.3 is 0 Å². The van der Waals surface area contributed by atoms with Crippen molar-refractivity contribution in [3.63, 3.8) is 0 Å². The Kier molecular flexibility index (Phi) is 3.54. The van der Waals surface area contributed by atoms with Crippen LogP contribution in [0.1, 0.15) is 25.3 Å². The van der Waals surface area contributed by atoms with Crippen molar-refractivity contribution in [2.24, 2.45) is 5.92 Å². The van der Waals surface area contributed by atoms with E-state index in [2.05, 4.69) is 15.5 Å². The molecule has 0 bridgehead atoms. The number of hydrogen-bond acceptors (Lipinski definition) is 4. The molecule has 0 aliphatic heterocycles. The van der Waals surface area contributed by atoms with Crippen molar-refractivity contribution >= 4 is 5.69 Å². The summed E-state index contributed by atoms with van der Waals surface area (Å²) in [5, 5.41) is 11.7. The predicted octanol–water partition coefficient (Wildman–Crippen LogP) is 1.33. The first-order valence-electron chi connectivity index (χ1n) is 7.07. The summed E-state index contributed by atoms with van der Waals surface area (Å²) in [6.45, 7) is 4.25. The van der Waals surface area contributed by atoms with E-state index >= 15 is 0 Å². The van der Waals surface area contributed by atoms with Crippen LogP contribution < -0.4 is 10.9 Å². The molecule has 1 aliphatic rings. The van der Waals surface area contributed by atoms with E-state index in [1.54, 1.807) is 18.5 Å². The van der Waals surface area contributed by atoms with Crippen LogP contribution in [-0.4, -0.2) is 26.1 Å². The molecule has 0 radical (unpaired) electrons. The molecule has 6 nitrogen and oxygen atoms in total. The fourth-order valence-electron chi connectivity index (χ4n) is 2.07. The SMILES string of the molecule is CCn1cc(Cn2ncc(NCC3CC3)cc2=O)cn1. The summed E-state index contributed by atoms with van der Waals surface area (Å²) in [7, 11) is 0. The Bertz CT molecular complexity index is 641. The van der Waals surface area contributed by atoms with Gasteiger partial charge in [0.15, 0.2) is 0 Å². The van der Waals surface area contributed by atoms with Gasteiger partial charge in [-0.05, 0) is 25.7 Å². The molecule has 0 spiro atoms. The number of anilines is 1. The highest BCUT2D eigenvalue weighted by atomic mass is 16.1. The van der Waals surface area contributed by atoms with Gasteiger partial charge in [0.2, 0.25) is 0 Å². The highest BCUT2D eigenvalue weighted by Gasteiger charge is 2.20. The second-order valence-electron chi connectivity index (χ2n) is 5.27. The number of nitrogens with zero attached hydrogens (tertiary/aromatic N) is 4. The summed E-state index contributed by atoms with van der Waals surface area (Å²) >= 11 is 0. The largest absolute Gasteiger partial charge is 0.383 e. The smallest absolute Gasteiger partial charge is 0.269 e. The van der Waals surface area contributed by atoms with E-state index in [0.29, 0.717) is 6.54 Å². The molecule has 0 aromatic carbocycles. The zero-order chi connectivity index (χ0) is 13.9. The number of rotatable bonds is 6. The van der Waals surface area contributed by atoms with Crippen LogP contribution in [0.2, 0.25) is 0 Å². The summed E-state index contributed by atoms with van der Waals surface area (Å²) in [5.74, 6) is 0.775. The van der Waals surface area contributed by atoms with Crippen LogP contribution in [0, 0.1) is 5.92 Å². The predicted molar refractivity (Wildman–Crippen MR) is 76.7 cm³/mol. The Labute approximate surface area is 117 Å². The molecule has 2 aromatic heterocycles. The van der Waals surface area contributed by atoms with E-state index < -0.39 is 0 Å². The third kappa shape index (κ3) is 3.07. The van der Waals surface area contributed by atoms with Crippen molar-refractivity contribution in [3.05, 3.63) is 40.6 Å². The minimum Gasteiger partial charge on any atom is -0.383 e. The lowest BCUT2D eigenvalue weighted by Crippen LogP contribution is -2.23. The van der Waals surface area contributed by atoms with Crippen LogP contribution in [0.3, 0.4) is 0 Å². The van der Waals surface area contributed by atoms with Crippen LogP contribution in [-0.2, 0) is 13.1 Å². The van der Waals surface area contributed by atoms with Gasteiger partial charge in [-0.1, -0.05) is 0 Å². The van der Waals surface area contributed by atoms with Gasteiger partial charge < -0.3 is 5.32 Å². The molecule has 106 valence electrons. The van der Waals surface area contributed by atoms with Gasteiger partial charge in [-0.2, -0.15) is 10.2 Å². The normalized spacial score (nSPS) is 14.4. The first-order valence-corrected chi connectivity index (χ1v) is 7.07. The Morgan fingerprint density at radius 3 is 2.85 bits per heavy atom. The average molecular weight is 273 g/mol. The number of hydrogen-bond donors (Lipinski definition) is 1. The molecular weight excluding hydrogens is 254 g/mol. The van der Waals surface area contributed by atoms with Crippen molar-refractivity contribution < 1.29 is 0 Å². The van der Waals surface area contributed by atoms with Crippen molar-refractivity contribution in [3.8, 4) is 0 Å². The standard InChI is InChI=1S/C14H19N5O/c1-2-18-9-12(7-16-18)10-19-14(20)5-13(8-17-19)15-6-11-3-4-11/h5,7-9,11,15H,2-4,6,10H2,1H3. The molecule has 1 aliphatic carbocycles. The van der Waals surface area contributed by atoms with Crippen LogP contribution in [0.15, 0.2) is 29.5 Å². The molecule has 1 N–H and O–H groups in total. The topological polar surface area (TPSA) is 64.7 Å². The second kappa shape index (κ2) is 5.48. The van der Waals surface area contributed by atoms with Gasteiger partial charge in [0, 0.05) is 30.9 Å². The fourth-order valence-corrected chi connectivity index (χ4v) is 2.07. The molecule has 0 saturated heterocycles. The molecule has 20 heavy (non-hydrogen) atoms. The van der Waals surface area contributed by atoms with Crippen LogP contribution >= 0.6 is 0 Å². The first-order chi connectivity index (χ1) is 9.74. The maximum atomic E-state index is 12.0. The lowest BCUT2D eigenvalue weighted by Gasteiger charge is -2.06.